The molecule has 0 bridgehead atoms. The Morgan fingerprint density at radius 3 is 2.94 bits per heavy atom. The van der Waals surface area contributed by atoms with Gasteiger partial charge in [0, 0.05) is 11.4 Å². The summed E-state index contributed by atoms with van der Waals surface area (Å²) in [5.41, 5.74) is 0.311. The van der Waals surface area contributed by atoms with Gasteiger partial charge in [-0.3, -0.25) is 0 Å². The van der Waals surface area contributed by atoms with Crippen LogP contribution in [0.2, 0.25) is 5.15 Å². The van der Waals surface area contributed by atoms with Crippen LogP contribution in [0.25, 0.3) is 0 Å². The average Bonchev–Trinajstić information content (AvgIpc) is 2.67. The summed E-state index contributed by atoms with van der Waals surface area (Å²) in [6, 6.07) is 4.44. The van der Waals surface area contributed by atoms with Gasteiger partial charge in [-0.2, -0.15) is 0 Å². The van der Waals surface area contributed by atoms with E-state index in [2.05, 4.69) is 10.3 Å². The number of benzene rings is 1. The summed E-state index contributed by atoms with van der Waals surface area (Å²) in [5, 5.41) is 5.43. The summed E-state index contributed by atoms with van der Waals surface area (Å²) in [4.78, 5) is 3.97. The van der Waals surface area contributed by atoms with Gasteiger partial charge in [0.1, 0.15) is 16.7 Å². The molecule has 1 N–H and O–H groups in total. The van der Waals surface area contributed by atoms with Gasteiger partial charge in [-0.25, -0.2) is 9.37 Å². The standard InChI is InChI=1S/C10H8ClFN2OS/c1-15-6-2-3-7(12)8(4-6)13-10-14-9(11)5-16-10/h2-5H,1H3,(H,13,14). The van der Waals surface area contributed by atoms with Crippen LogP contribution in [0.15, 0.2) is 23.6 Å². The van der Waals surface area contributed by atoms with E-state index in [1.165, 1.54) is 24.5 Å². The van der Waals surface area contributed by atoms with E-state index in [1.54, 1.807) is 17.5 Å². The zero-order chi connectivity index (χ0) is 11.5. The third kappa shape index (κ3) is 2.43. The normalized spacial score (nSPS) is 10.2. The van der Waals surface area contributed by atoms with E-state index in [9.17, 15) is 4.39 Å². The minimum absolute atomic E-state index is 0.311. The largest absolute Gasteiger partial charge is 0.497 e. The SMILES string of the molecule is COc1ccc(F)c(Nc2nc(Cl)cs2)c1. The minimum Gasteiger partial charge on any atom is -0.497 e. The Kier molecular flexibility index (Phi) is 3.26. The van der Waals surface area contributed by atoms with Crippen LogP contribution in [0.4, 0.5) is 15.2 Å². The lowest BCUT2D eigenvalue weighted by molar-refractivity contribution is 0.414. The number of thiazole rings is 1. The number of hydrogen-bond donors (Lipinski definition) is 1. The molecule has 1 aromatic heterocycles. The molecule has 0 aliphatic carbocycles. The smallest absolute Gasteiger partial charge is 0.188 e. The number of nitrogens with zero attached hydrogens (tertiary/aromatic N) is 1. The van der Waals surface area contributed by atoms with Crippen LogP contribution in [-0.2, 0) is 0 Å². The molecule has 0 atom stereocenters. The minimum atomic E-state index is -0.368. The van der Waals surface area contributed by atoms with E-state index >= 15 is 0 Å². The molecule has 0 spiro atoms. The number of hydrogen-bond acceptors (Lipinski definition) is 4. The monoisotopic (exact) mass is 258 g/mol. The molecule has 0 aliphatic rings. The summed E-state index contributed by atoms with van der Waals surface area (Å²) in [7, 11) is 1.53. The number of aromatic nitrogens is 1. The zero-order valence-corrected chi connectivity index (χ0v) is 9.90. The van der Waals surface area contributed by atoms with Crippen molar-refractivity contribution in [1.82, 2.24) is 4.98 Å². The van der Waals surface area contributed by atoms with Crippen LogP contribution in [-0.4, -0.2) is 12.1 Å². The summed E-state index contributed by atoms with van der Waals surface area (Å²) in [6.07, 6.45) is 0. The molecule has 84 valence electrons. The molecule has 0 saturated carbocycles. The van der Waals surface area contributed by atoms with Crippen molar-refractivity contribution in [1.29, 1.82) is 0 Å². The van der Waals surface area contributed by atoms with Crippen LogP contribution in [0.5, 0.6) is 5.75 Å². The van der Waals surface area contributed by atoms with Crippen molar-refractivity contribution in [3.63, 3.8) is 0 Å². The van der Waals surface area contributed by atoms with Crippen LogP contribution >= 0.6 is 22.9 Å². The number of ether oxygens (including phenoxy) is 1. The second-order valence-corrected chi connectivity index (χ2v) is 4.19. The van der Waals surface area contributed by atoms with Crippen LogP contribution in [0.1, 0.15) is 0 Å². The summed E-state index contributed by atoms with van der Waals surface area (Å²) in [6.45, 7) is 0. The van der Waals surface area contributed by atoms with Crippen molar-refractivity contribution in [3.05, 3.63) is 34.5 Å². The molecule has 2 rings (SSSR count). The number of anilines is 2. The highest BCUT2D eigenvalue weighted by Gasteiger charge is 2.06. The van der Waals surface area contributed by atoms with Crippen molar-refractivity contribution in [2.45, 2.75) is 0 Å². The predicted molar refractivity (Wildman–Crippen MR) is 63.4 cm³/mol. The second-order valence-electron chi connectivity index (χ2n) is 2.95. The first-order valence-corrected chi connectivity index (χ1v) is 5.66. The van der Waals surface area contributed by atoms with Crippen molar-refractivity contribution in [3.8, 4) is 5.75 Å². The van der Waals surface area contributed by atoms with Gasteiger partial charge in [-0.05, 0) is 12.1 Å². The molecule has 6 heteroatoms. The molecule has 1 aromatic carbocycles. The van der Waals surface area contributed by atoms with Gasteiger partial charge in [0.25, 0.3) is 0 Å². The van der Waals surface area contributed by atoms with Crippen molar-refractivity contribution < 1.29 is 9.13 Å². The van der Waals surface area contributed by atoms with Gasteiger partial charge in [0.2, 0.25) is 0 Å². The third-order valence-corrected chi connectivity index (χ3v) is 2.97. The Balaban J connectivity index is 2.26. The van der Waals surface area contributed by atoms with Crippen molar-refractivity contribution in [2.24, 2.45) is 0 Å². The first kappa shape index (κ1) is 11.2. The summed E-state index contributed by atoms with van der Waals surface area (Å²) < 4.78 is 18.4. The quantitative estimate of drug-likeness (QED) is 0.912. The highest BCUT2D eigenvalue weighted by molar-refractivity contribution is 7.14. The summed E-state index contributed by atoms with van der Waals surface area (Å²) in [5.74, 6) is 0.207. The first-order valence-electron chi connectivity index (χ1n) is 4.40. The van der Waals surface area contributed by atoms with Gasteiger partial charge >= 0.3 is 0 Å². The molecule has 1 heterocycles. The fourth-order valence-corrected chi connectivity index (χ4v) is 2.00. The van der Waals surface area contributed by atoms with Gasteiger partial charge in [-0.15, -0.1) is 11.3 Å². The molecular weight excluding hydrogens is 251 g/mol. The molecule has 0 saturated heterocycles. The number of rotatable bonds is 3. The number of halogens is 2. The fraction of sp³-hybridized carbons (Fsp3) is 0.100. The van der Waals surface area contributed by atoms with Gasteiger partial charge in [0.05, 0.1) is 12.8 Å². The highest BCUT2D eigenvalue weighted by atomic mass is 35.5. The molecule has 0 radical (unpaired) electrons. The predicted octanol–water partition coefficient (Wildman–Crippen LogP) is 3.69. The molecule has 0 fully saturated rings. The van der Waals surface area contributed by atoms with Gasteiger partial charge in [0.15, 0.2) is 5.13 Å². The highest BCUT2D eigenvalue weighted by Crippen LogP contribution is 2.27. The fourth-order valence-electron chi connectivity index (χ4n) is 1.15. The molecular formula is C10H8ClFN2OS. The second kappa shape index (κ2) is 4.67. The molecule has 0 amide bonds. The average molecular weight is 259 g/mol. The van der Waals surface area contributed by atoms with E-state index in [0.717, 1.165) is 0 Å². The first-order chi connectivity index (χ1) is 7.69. The third-order valence-electron chi connectivity index (χ3n) is 1.89. The van der Waals surface area contributed by atoms with E-state index in [-0.39, 0.29) is 5.82 Å². The molecule has 2 aromatic rings. The van der Waals surface area contributed by atoms with Crippen LogP contribution in [0.3, 0.4) is 0 Å². The molecule has 16 heavy (non-hydrogen) atoms. The Morgan fingerprint density at radius 2 is 2.31 bits per heavy atom. The molecule has 0 unspecified atom stereocenters. The maximum absolute atomic E-state index is 13.4. The Hall–Kier alpha value is -1.33. The van der Waals surface area contributed by atoms with Crippen LogP contribution in [0, 0.1) is 5.82 Å². The van der Waals surface area contributed by atoms with E-state index in [4.69, 9.17) is 16.3 Å². The van der Waals surface area contributed by atoms with E-state index in [1.807, 2.05) is 0 Å². The van der Waals surface area contributed by atoms with E-state index in [0.29, 0.717) is 21.7 Å². The lowest BCUT2D eigenvalue weighted by atomic mass is 10.3. The molecule has 0 aliphatic heterocycles. The number of methoxy groups -OCH3 is 1. The Morgan fingerprint density at radius 1 is 1.50 bits per heavy atom. The maximum atomic E-state index is 13.4. The van der Waals surface area contributed by atoms with Gasteiger partial charge in [-0.1, -0.05) is 11.6 Å². The van der Waals surface area contributed by atoms with Gasteiger partial charge < -0.3 is 10.1 Å². The van der Waals surface area contributed by atoms with Crippen molar-refractivity contribution >= 4 is 33.8 Å². The lowest BCUT2D eigenvalue weighted by Gasteiger charge is -2.06. The Bertz CT molecular complexity index is 503. The maximum Gasteiger partial charge on any atom is 0.188 e. The lowest BCUT2D eigenvalue weighted by Crippen LogP contribution is -1.94. The molecule has 3 nitrogen and oxygen atoms in total. The van der Waals surface area contributed by atoms with Crippen molar-refractivity contribution in [2.75, 3.05) is 12.4 Å². The summed E-state index contributed by atoms with van der Waals surface area (Å²) >= 11 is 6.97. The Labute approximate surface area is 101 Å². The van der Waals surface area contributed by atoms with Crippen LogP contribution < -0.4 is 10.1 Å². The zero-order valence-electron chi connectivity index (χ0n) is 8.33. The number of nitrogens with one attached hydrogen (secondary N) is 1. The topological polar surface area (TPSA) is 34.1 Å². The van der Waals surface area contributed by atoms with E-state index < -0.39 is 0 Å².